The second-order valence-electron chi connectivity index (χ2n) is 7.65. The maximum atomic E-state index is 12.8. The van der Waals surface area contributed by atoms with Crippen LogP contribution in [0.1, 0.15) is 24.5 Å². The Morgan fingerprint density at radius 1 is 1.00 bits per heavy atom. The van der Waals surface area contributed by atoms with E-state index in [1.54, 1.807) is 0 Å². The molecule has 0 bridgehead atoms. The van der Waals surface area contributed by atoms with Crippen molar-refractivity contribution in [1.29, 1.82) is 0 Å². The second kappa shape index (κ2) is 9.09. The van der Waals surface area contributed by atoms with E-state index < -0.39 is 0 Å². The zero-order valence-corrected chi connectivity index (χ0v) is 17.1. The summed E-state index contributed by atoms with van der Waals surface area (Å²) in [6.07, 6.45) is 9.60. The molecule has 0 unspecified atom stereocenters. The van der Waals surface area contributed by atoms with Crippen LogP contribution in [0, 0.1) is 0 Å². The highest BCUT2D eigenvalue weighted by atomic mass is 16.2. The Hall–Kier alpha value is -2.86. The van der Waals surface area contributed by atoms with E-state index >= 15 is 0 Å². The monoisotopic (exact) mass is 391 g/mol. The molecule has 1 aliphatic rings. The zero-order chi connectivity index (χ0) is 20.1. The third-order valence-electron chi connectivity index (χ3n) is 5.55. The maximum Gasteiger partial charge on any atom is 0.227 e. The molecule has 2 aromatic heterocycles. The summed E-state index contributed by atoms with van der Waals surface area (Å²) in [7, 11) is 0. The molecular weight excluding hydrogens is 362 g/mol. The molecule has 0 atom stereocenters. The predicted octanol–water partition coefficient (Wildman–Crippen LogP) is 2.97. The van der Waals surface area contributed by atoms with Gasteiger partial charge in [0.15, 0.2) is 0 Å². The number of nitrogens with zero attached hydrogens (tertiary/aromatic N) is 5. The van der Waals surface area contributed by atoms with Gasteiger partial charge in [-0.2, -0.15) is 5.10 Å². The van der Waals surface area contributed by atoms with Crippen LogP contribution in [-0.2, 0) is 24.3 Å². The fourth-order valence-electron chi connectivity index (χ4n) is 3.88. The number of aryl methyl sites for hydroxylation is 1. The lowest BCUT2D eigenvalue weighted by Gasteiger charge is -2.22. The van der Waals surface area contributed by atoms with Crippen molar-refractivity contribution in [3.05, 3.63) is 72.3 Å². The molecule has 6 nitrogen and oxygen atoms in total. The number of carbonyl (C=O) groups is 1. The van der Waals surface area contributed by atoms with Gasteiger partial charge >= 0.3 is 0 Å². The van der Waals surface area contributed by atoms with E-state index in [9.17, 15) is 4.79 Å². The Bertz CT molecular complexity index is 913. The third kappa shape index (κ3) is 4.95. The van der Waals surface area contributed by atoms with E-state index in [0.29, 0.717) is 6.42 Å². The average molecular weight is 392 g/mol. The van der Waals surface area contributed by atoms with Crippen LogP contribution >= 0.6 is 0 Å². The lowest BCUT2D eigenvalue weighted by Crippen LogP contribution is -2.36. The van der Waals surface area contributed by atoms with Crippen molar-refractivity contribution in [3.8, 4) is 5.69 Å². The van der Waals surface area contributed by atoms with E-state index in [-0.39, 0.29) is 5.91 Å². The summed E-state index contributed by atoms with van der Waals surface area (Å²) < 4.78 is 4.03. The number of hydrogen-bond acceptors (Lipinski definition) is 3. The molecule has 1 fully saturated rings. The molecule has 0 saturated carbocycles. The van der Waals surface area contributed by atoms with Crippen LogP contribution in [-0.4, -0.2) is 56.2 Å². The first kappa shape index (κ1) is 19.5. The van der Waals surface area contributed by atoms with Gasteiger partial charge in [-0.3, -0.25) is 14.4 Å². The lowest BCUT2D eigenvalue weighted by molar-refractivity contribution is -0.130. The van der Waals surface area contributed by atoms with Crippen LogP contribution in [0.25, 0.3) is 5.69 Å². The first-order chi connectivity index (χ1) is 14.2. The van der Waals surface area contributed by atoms with Gasteiger partial charge in [-0.05, 0) is 43.2 Å². The summed E-state index contributed by atoms with van der Waals surface area (Å²) in [5.74, 6) is 0.222. The summed E-state index contributed by atoms with van der Waals surface area (Å²) >= 11 is 0. The number of benzene rings is 1. The van der Waals surface area contributed by atoms with Crippen molar-refractivity contribution in [1.82, 2.24) is 24.1 Å². The van der Waals surface area contributed by atoms with Crippen molar-refractivity contribution in [2.45, 2.75) is 32.9 Å². The molecule has 3 aromatic rings. The van der Waals surface area contributed by atoms with E-state index in [4.69, 9.17) is 0 Å². The average Bonchev–Trinajstić information content (AvgIpc) is 3.37. The van der Waals surface area contributed by atoms with Crippen LogP contribution in [0.5, 0.6) is 0 Å². The van der Waals surface area contributed by atoms with E-state index in [1.165, 1.54) is 5.56 Å². The molecule has 4 rings (SSSR count). The largest absolute Gasteiger partial charge is 0.341 e. The summed E-state index contributed by atoms with van der Waals surface area (Å²) in [6, 6.07) is 12.3. The highest BCUT2D eigenvalue weighted by Crippen LogP contribution is 2.13. The van der Waals surface area contributed by atoms with Crippen LogP contribution in [0.2, 0.25) is 0 Å². The van der Waals surface area contributed by atoms with Gasteiger partial charge < -0.3 is 9.47 Å². The van der Waals surface area contributed by atoms with E-state index in [0.717, 1.165) is 56.9 Å². The fourth-order valence-corrected chi connectivity index (χ4v) is 3.88. The fraction of sp³-hybridized carbons (Fsp3) is 0.391. The molecule has 0 radical (unpaired) electrons. The Morgan fingerprint density at radius 3 is 2.52 bits per heavy atom. The van der Waals surface area contributed by atoms with Gasteiger partial charge in [0.05, 0.1) is 12.6 Å². The minimum absolute atomic E-state index is 0.222. The smallest absolute Gasteiger partial charge is 0.227 e. The molecule has 1 saturated heterocycles. The molecule has 0 spiro atoms. The van der Waals surface area contributed by atoms with Crippen molar-refractivity contribution >= 4 is 5.91 Å². The summed E-state index contributed by atoms with van der Waals surface area (Å²) in [4.78, 5) is 17.3. The van der Waals surface area contributed by atoms with Gasteiger partial charge in [0.25, 0.3) is 0 Å². The van der Waals surface area contributed by atoms with E-state index in [1.807, 2.05) is 40.3 Å². The Kier molecular flexibility index (Phi) is 6.10. The molecule has 0 N–H and O–H groups in total. The SMILES string of the molecule is CCn1cc(CN2CCCN(C(=O)Cc3ccc(-n4cccc4)cc3)CC2)cn1. The Labute approximate surface area is 172 Å². The number of amides is 1. The van der Waals surface area contributed by atoms with Crippen molar-refractivity contribution < 1.29 is 4.79 Å². The molecule has 1 amide bonds. The minimum Gasteiger partial charge on any atom is -0.341 e. The summed E-state index contributed by atoms with van der Waals surface area (Å²) in [6.45, 7) is 7.47. The summed E-state index contributed by atoms with van der Waals surface area (Å²) in [5.41, 5.74) is 3.43. The normalized spacial score (nSPS) is 15.4. The highest BCUT2D eigenvalue weighted by Gasteiger charge is 2.19. The number of carbonyl (C=O) groups excluding carboxylic acids is 1. The number of aromatic nitrogens is 3. The van der Waals surface area contributed by atoms with Gasteiger partial charge in [0.2, 0.25) is 5.91 Å². The molecule has 152 valence electrons. The minimum atomic E-state index is 0.222. The van der Waals surface area contributed by atoms with Crippen LogP contribution < -0.4 is 0 Å². The van der Waals surface area contributed by atoms with Gasteiger partial charge in [-0.1, -0.05) is 12.1 Å². The van der Waals surface area contributed by atoms with Crippen LogP contribution in [0.4, 0.5) is 0 Å². The van der Waals surface area contributed by atoms with Crippen LogP contribution in [0.15, 0.2) is 61.2 Å². The highest BCUT2D eigenvalue weighted by molar-refractivity contribution is 5.78. The quantitative estimate of drug-likeness (QED) is 0.649. The maximum absolute atomic E-state index is 12.8. The molecular formula is C23H29N5O. The first-order valence-corrected chi connectivity index (χ1v) is 10.4. The zero-order valence-electron chi connectivity index (χ0n) is 17.1. The summed E-state index contributed by atoms with van der Waals surface area (Å²) in [5, 5.41) is 4.36. The van der Waals surface area contributed by atoms with Crippen molar-refractivity contribution in [2.75, 3.05) is 26.2 Å². The predicted molar refractivity (Wildman–Crippen MR) is 114 cm³/mol. The van der Waals surface area contributed by atoms with Gasteiger partial charge in [-0.15, -0.1) is 0 Å². The Balaban J connectivity index is 1.30. The van der Waals surface area contributed by atoms with E-state index in [2.05, 4.69) is 52.0 Å². The van der Waals surface area contributed by atoms with Crippen LogP contribution in [0.3, 0.4) is 0 Å². The lowest BCUT2D eigenvalue weighted by atomic mass is 10.1. The number of rotatable bonds is 6. The molecule has 3 heterocycles. The topological polar surface area (TPSA) is 46.3 Å². The Morgan fingerprint density at radius 2 is 1.79 bits per heavy atom. The number of hydrogen-bond donors (Lipinski definition) is 0. The van der Waals surface area contributed by atoms with Crippen molar-refractivity contribution in [3.63, 3.8) is 0 Å². The van der Waals surface area contributed by atoms with Gasteiger partial charge in [-0.25, -0.2) is 0 Å². The first-order valence-electron chi connectivity index (χ1n) is 10.4. The van der Waals surface area contributed by atoms with Gasteiger partial charge in [0.1, 0.15) is 0 Å². The molecule has 0 aliphatic carbocycles. The molecule has 29 heavy (non-hydrogen) atoms. The third-order valence-corrected chi connectivity index (χ3v) is 5.55. The van der Waals surface area contributed by atoms with Gasteiger partial charge in [0, 0.05) is 69.1 Å². The molecule has 1 aliphatic heterocycles. The second-order valence-corrected chi connectivity index (χ2v) is 7.65. The van der Waals surface area contributed by atoms with Crippen molar-refractivity contribution in [2.24, 2.45) is 0 Å². The molecule has 6 heteroatoms. The standard InChI is InChI=1S/C23H29N5O/c1-2-28-19-21(17-24-28)18-25-10-5-13-27(15-14-25)23(29)16-20-6-8-22(9-7-20)26-11-3-4-12-26/h3-4,6-9,11-12,17,19H,2,5,10,13-16,18H2,1H3. The molecule has 1 aromatic carbocycles.